The van der Waals surface area contributed by atoms with Crippen LogP contribution in [-0.2, 0) is 11.3 Å². The lowest BCUT2D eigenvalue weighted by Gasteiger charge is -2.46. The Bertz CT molecular complexity index is 388. The van der Waals surface area contributed by atoms with Gasteiger partial charge in [-0.1, -0.05) is 0 Å². The number of rotatable bonds is 2. The Labute approximate surface area is 106 Å². The molecule has 0 bridgehead atoms. The summed E-state index contributed by atoms with van der Waals surface area (Å²) in [4.78, 5) is 21.2. The van der Waals surface area contributed by atoms with Crippen molar-refractivity contribution >= 4 is 17.2 Å². The van der Waals surface area contributed by atoms with Gasteiger partial charge >= 0.3 is 0 Å². The molecular formula is C12H19N3OS. The average Bonchev–Trinajstić information content (AvgIpc) is 2.73. The first-order valence-electron chi connectivity index (χ1n) is 5.87. The molecule has 0 saturated carbocycles. The van der Waals surface area contributed by atoms with Gasteiger partial charge in [0.05, 0.1) is 5.51 Å². The summed E-state index contributed by atoms with van der Waals surface area (Å²) < 4.78 is 0. The van der Waals surface area contributed by atoms with Crippen molar-refractivity contribution in [1.29, 1.82) is 0 Å². The quantitative estimate of drug-likeness (QED) is 0.803. The van der Waals surface area contributed by atoms with Crippen LogP contribution in [0.3, 0.4) is 0 Å². The van der Waals surface area contributed by atoms with E-state index in [1.54, 1.807) is 18.3 Å². The van der Waals surface area contributed by atoms with Gasteiger partial charge in [-0.15, -0.1) is 11.3 Å². The molecule has 0 unspecified atom stereocenters. The van der Waals surface area contributed by atoms with E-state index >= 15 is 0 Å². The molecule has 0 aliphatic carbocycles. The topological polar surface area (TPSA) is 36.4 Å². The summed E-state index contributed by atoms with van der Waals surface area (Å²) in [6.07, 6.45) is 1.93. The number of piperazine rings is 1. The summed E-state index contributed by atoms with van der Waals surface area (Å²) in [6, 6.07) is 0. The fourth-order valence-electron chi connectivity index (χ4n) is 2.26. The first-order valence-corrected chi connectivity index (χ1v) is 6.75. The standard InChI is InChI=1S/C12H19N3OS/c1-10(16)14-4-5-15(12(2,3)8-14)7-11-6-13-9-17-11/h6,9H,4-5,7-8H2,1-3H3. The maximum atomic E-state index is 11.4. The predicted octanol–water partition coefficient (Wildman–Crippen LogP) is 1.59. The van der Waals surface area contributed by atoms with E-state index in [1.165, 1.54) is 4.88 Å². The number of carbonyl (C=O) groups excluding carboxylic acids is 1. The van der Waals surface area contributed by atoms with Gasteiger partial charge in [0.25, 0.3) is 0 Å². The van der Waals surface area contributed by atoms with Crippen molar-refractivity contribution in [2.45, 2.75) is 32.9 Å². The molecule has 2 heterocycles. The monoisotopic (exact) mass is 253 g/mol. The second kappa shape index (κ2) is 4.74. The van der Waals surface area contributed by atoms with Crippen molar-refractivity contribution in [3.05, 3.63) is 16.6 Å². The van der Waals surface area contributed by atoms with Gasteiger partial charge in [-0.2, -0.15) is 0 Å². The van der Waals surface area contributed by atoms with E-state index < -0.39 is 0 Å². The van der Waals surface area contributed by atoms with Crippen molar-refractivity contribution in [2.24, 2.45) is 0 Å². The third-order valence-corrected chi connectivity index (χ3v) is 4.11. The van der Waals surface area contributed by atoms with E-state index in [1.807, 2.05) is 16.6 Å². The molecule has 1 aromatic rings. The largest absolute Gasteiger partial charge is 0.340 e. The highest BCUT2D eigenvalue weighted by atomic mass is 32.1. The lowest BCUT2D eigenvalue weighted by atomic mass is 9.98. The summed E-state index contributed by atoms with van der Waals surface area (Å²) in [5.41, 5.74) is 1.90. The maximum Gasteiger partial charge on any atom is 0.219 e. The van der Waals surface area contributed by atoms with Crippen molar-refractivity contribution in [2.75, 3.05) is 19.6 Å². The molecule has 1 saturated heterocycles. The maximum absolute atomic E-state index is 11.4. The highest BCUT2D eigenvalue weighted by Crippen LogP contribution is 2.24. The Kier molecular flexibility index (Phi) is 3.49. The minimum atomic E-state index is 0.0356. The molecule has 2 rings (SSSR count). The van der Waals surface area contributed by atoms with Crippen LogP contribution in [-0.4, -0.2) is 45.9 Å². The molecule has 0 spiro atoms. The van der Waals surface area contributed by atoms with Crippen LogP contribution in [0.4, 0.5) is 0 Å². The predicted molar refractivity (Wildman–Crippen MR) is 68.9 cm³/mol. The molecule has 1 aliphatic rings. The Balaban J connectivity index is 2.03. The first kappa shape index (κ1) is 12.5. The molecule has 0 N–H and O–H groups in total. The van der Waals surface area contributed by atoms with Crippen molar-refractivity contribution < 1.29 is 4.79 Å². The number of carbonyl (C=O) groups is 1. The van der Waals surface area contributed by atoms with E-state index in [9.17, 15) is 4.79 Å². The smallest absolute Gasteiger partial charge is 0.219 e. The fourth-order valence-corrected chi connectivity index (χ4v) is 2.87. The molecule has 0 radical (unpaired) electrons. The molecule has 17 heavy (non-hydrogen) atoms. The zero-order chi connectivity index (χ0) is 12.5. The summed E-state index contributed by atoms with van der Waals surface area (Å²) in [7, 11) is 0. The van der Waals surface area contributed by atoms with Crippen molar-refractivity contribution in [3.63, 3.8) is 0 Å². The van der Waals surface area contributed by atoms with Crippen molar-refractivity contribution in [1.82, 2.24) is 14.8 Å². The van der Waals surface area contributed by atoms with Crippen LogP contribution in [0.25, 0.3) is 0 Å². The minimum Gasteiger partial charge on any atom is -0.340 e. The average molecular weight is 253 g/mol. The van der Waals surface area contributed by atoms with Crippen LogP contribution < -0.4 is 0 Å². The van der Waals surface area contributed by atoms with E-state index in [0.29, 0.717) is 0 Å². The number of aromatic nitrogens is 1. The third-order valence-electron chi connectivity index (χ3n) is 3.35. The number of hydrogen-bond donors (Lipinski definition) is 0. The first-order chi connectivity index (χ1) is 7.99. The Morgan fingerprint density at radius 3 is 2.82 bits per heavy atom. The van der Waals surface area contributed by atoms with Gasteiger partial charge in [0.2, 0.25) is 5.91 Å². The molecule has 0 atom stereocenters. The van der Waals surface area contributed by atoms with E-state index in [4.69, 9.17) is 0 Å². The molecular weight excluding hydrogens is 234 g/mol. The third kappa shape index (κ3) is 2.84. The van der Waals surface area contributed by atoms with Gasteiger partial charge in [0.15, 0.2) is 0 Å². The molecule has 94 valence electrons. The molecule has 5 heteroatoms. The molecule has 0 aromatic carbocycles. The number of thiazole rings is 1. The van der Waals surface area contributed by atoms with Crippen molar-refractivity contribution in [3.8, 4) is 0 Å². The highest BCUT2D eigenvalue weighted by Gasteiger charge is 2.34. The summed E-state index contributed by atoms with van der Waals surface area (Å²) in [5.74, 6) is 0.176. The summed E-state index contributed by atoms with van der Waals surface area (Å²) >= 11 is 1.69. The lowest BCUT2D eigenvalue weighted by molar-refractivity contribution is -0.134. The van der Waals surface area contributed by atoms with Gasteiger partial charge in [0, 0.05) is 49.7 Å². The molecule has 1 amide bonds. The van der Waals surface area contributed by atoms with Crippen LogP contribution in [0.1, 0.15) is 25.6 Å². The number of nitrogens with zero attached hydrogens (tertiary/aromatic N) is 3. The zero-order valence-electron chi connectivity index (χ0n) is 10.6. The van der Waals surface area contributed by atoms with Gasteiger partial charge in [-0.25, -0.2) is 0 Å². The number of amides is 1. The van der Waals surface area contributed by atoms with E-state index in [0.717, 1.165) is 26.2 Å². The highest BCUT2D eigenvalue weighted by molar-refractivity contribution is 7.09. The Morgan fingerprint density at radius 2 is 2.29 bits per heavy atom. The normalized spacial score (nSPS) is 20.5. The SMILES string of the molecule is CC(=O)N1CCN(Cc2cncs2)C(C)(C)C1. The number of hydrogen-bond acceptors (Lipinski definition) is 4. The van der Waals surface area contributed by atoms with Gasteiger partial charge in [-0.3, -0.25) is 14.7 Å². The van der Waals surface area contributed by atoms with Crippen LogP contribution in [0.5, 0.6) is 0 Å². The van der Waals surface area contributed by atoms with Gasteiger partial charge in [-0.05, 0) is 13.8 Å². The van der Waals surface area contributed by atoms with E-state index in [-0.39, 0.29) is 11.4 Å². The lowest BCUT2D eigenvalue weighted by Crippen LogP contribution is -2.59. The van der Waals surface area contributed by atoms with Gasteiger partial charge in [0.1, 0.15) is 0 Å². The summed E-state index contributed by atoms with van der Waals surface area (Å²) in [6.45, 7) is 9.55. The van der Waals surface area contributed by atoms with Crippen LogP contribution >= 0.6 is 11.3 Å². The molecule has 4 nitrogen and oxygen atoms in total. The molecule has 1 aliphatic heterocycles. The van der Waals surface area contributed by atoms with Crippen LogP contribution in [0, 0.1) is 0 Å². The minimum absolute atomic E-state index is 0.0356. The fraction of sp³-hybridized carbons (Fsp3) is 0.667. The second-order valence-corrected chi connectivity index (χ2v) is 6.11. The Morgan fingerprint density at radius 1 is 1.53 bits per heavy atom. The second-order valence-electron chi connectivity index (χ2n) is 5.14. The zero-order valence-corrected chi connectivity index (χ0v) is 11.5. The summed E-state index contributed by atoms with van der Waals surface area (Å²) in [5, 5.41) is 0. The van der Waals surface area contributed by atoms with Crippen LogP contribution in [0.15, 0.2) is 11.7 Å². The van der Waals surface area contributed by atoms with Gasteiger partial charge < -0.3 is 4.90 Å². The molecule has 1 aromatic heterocycles. The van der Waals surface area contributed by atoms with E-state index in [2.05, 4.69) is 23.7 Å². The van der Waals surface area contributed by atoms with Crippen LogP contribution in [0.2, 0.25) is 0 Å². The molecule has 1 fully saturated rings. The Hall–Kier alpha value is -0.940.